The summed E-state index contributed by atoms with van der Waals surface area (Å²) in [5, 5.41) is 18.7. The lowest BCUT2D eigenvalue weighted by molar-refractivity contribution is -0.136. The van der Waals surface area contributed by atoms with Crippen molar-refractivity contribution in [2.75, 3.05) is 0 Å². The molecule has 26 heavy (non-hydrogen) atoms. The third-order valence-corrected chi connectivity index (χ3v) is 6.58. The van der Waals surface area contributed by atoms with Crippen molar-refractivity contribution >= 4 is 15.8 Å². The molecule has 0 amide bonds. The van der Waals surface area contributed by atoms with E-state index in [-0.39, 0.29) is 17.1 Å². The molecule has 1 aromatic rings. The molecule has 2 N–H and O–H groups in total. The minimum atomic E-state index is -4.07. The Morgan fingerprint density at radius 3 is 1.77 bits per heavy atom. The van der Waals surface area contributed by atoms with Crippen LogP contribution in [0.5, 0.6) is 5.75 Å². The van der Waals surface area contributed by atoms with Gasteiger partial charge in [-0.25, -0.2) is 8.42 Å². The van der Waals surface area contributed by atoms with Crippen molar-refractivity contribution in [2.24, 2.45) is 0 Å². The first-order valence-corrected chi connectivity index (χ1v) is 10.5. The molecule has 1 rings (SSSR count). The van der Waals surface area contributed by atoms with Crippen LogP contribution in [0.3, 0.4) is 0 Å². The van der Waals surface area contributed by atoms with E-state index in [2.05, 4.69) is 0 Å². The largest absolute Gasteiger partial charge is 0.507 e. The highest BCUT2D eigenvalue weighted by molar-refractivity contribution is 7.92. The van der Waals surface area contributed by atoms with Gasteiger partial charge in [-0.3, -0.25) is 4.79 Å². The zero-order valence-corrected chi connectivity index (χ0v) is 17.7. The third-order valence-electron chi connectivity index (χ3n) is 4.50. The van der Waals surface area contributed by atoms with Crippen molar-refractivity contribution in [3.8, 4) is 5.75 Å². The number of carboxylic acids is 1. The molecule has 0 saturated heterocycles. The Labute approximate surface area is 157 Å². The molecule has 0 aromatic heterocycles. The normalized spacial score (nSPS) is 14.3. The summed E-state index contributed by atoms with van der Waals surface area (Å²) in [4.78, 5) is 11.6. The number of rotatable bonds is 6. The van der Waals surface area contributed by atoms with Gasteiger partial charge in [0.2, 0.25) is 0 Å². The molecular formula is C20H32O5S. The van der Waals surface area contributed by atoms with Gasteiger partial charge >= 0.3 is 5.97 Å². The standard InChI is InChI=1S/C20H32O5S/c1-8-9-10-16(18(22)23)26(24,25)13-11-14(19(2,3)4)17(21)15(12-13)20(5,6)7/h11-12,16,21H,8-10H2,1-7H3,(H,22,23)/t16-/m1/s1. The van der Waals surface area contributed by atoms with Crippen molar-refractivity contribution in [1.82, 2.24) is 0 Å². The number of carbonyl (C=O) groups is 1. The molecule has 0 unspecified atom stereocenters. The Hall–Kier alpha value is -1.56. The van der Waals surface area contributed by atoms with Crippen LogP contribution in [-0.4, -0.2) is 29.9 Å². The maximum Gasteiger partial charge on any atom is 0.322 e. The molecule has 148 valence electrons. The number of sulfone groups is 1. The molecule has 0 bridgehead atoms. The maximum atomic E-state index is 13.1. The fourth-order valence-corrected chi connectivity index (χ4v) is 4.52. The molecular weight excluding hydrogens is 352 g/mol. The molecule has 0 aliphatic rings. The van der Waals surface area contributed by atoms with E-state index in [0.717, 1.165) is 6.42 Å². The second kappa shape index (κ2) is 7.59. The van der Waals surface area contributed by atoms with Gasteiger partial charge in [-0.1, -0.05) is 61.3 Å². The number of benzene rings is 1. The molecule has 0 radical (unpaired) electrons. The van der Waals surface area contributed by atoms with Crippen molar-refractivity contribution in [1.29, 1.82) is 0 Å². The fraction of sp³-hybridized carbons (Fsp3) is 0.650. The number of aliphatic carboxylic acids is 1. The minimum absolute atomic E-state index is 0.0337. The van der Waals surface area contributed by atoms with Crippen molar-refractivity contribution < 1.29 is 23.4 Å². The lowest BCUT2D eigenvalue weighted by Crippen LogP contribution is -2.31. The predicted octanol–water partition coefficient (Wildman–Crippen LogP) is 4.40. The summed E-state index contributed by atoms with van der Waals surface area (Å²) in [6, 6.07) is 2.86. The second-order valence-corrected chi connectivity index (χ2v) is 11.0. The third kappa shape index (κ3) is 4.78. The quantitative estimate of drug-likeness (QED) is 0.758. The van der Waals surface area contributed by atoms with Gasteiger partial charge in [0.05, 0.1) is 4.90 Å². The molecule has 0 spiro atoms. The molecule has 0 saturated carbocycles. The van der Waals surface area contributed by atoms with Crippen molar-refractivity contribution in [3.63, 3.8) is 0 Å². The van der Waals surface area contributed by atoms with Crippen molar-refractivity contribution in [3.05, 3.63) is 23.3 Å². The van der Waals surface area contributed by atoms with E-state index in [1.165, 1.54) is 12.1 Å². The number of phenolic OH excluding ortho intramolecular Hbond substituents is 1. The molecule has 0 heterocycles. The van der Waals surface area contributed by atoms with E-state index in [9.17, 15) is 23.4 Å². The smallest absolute Gasteiger partial charge is 0.322 e. The van der Waals surface area contributed by atoms with E-state index in [0.29, 0.717) is 17.5 Å². The lowest BCUT2D eigenvalue weighted by atomic mass is 9.79. The average molecular weight is 385 g/mol. The first kappa shape index (κ1) is 22.5. The molecule has 5 nitrogen and oxygen atoms in total. The average Bonchev–Trinajstić information content (AvgIpc) is 2.44. The molecule has 0 fully saturated rings. The van der Waals surface area contributed by atoms with Crippen molar-refractivity contribution in [2.45, 2.75) is 88.7 Å². The van der Waals surface area contributed by atoms with Gasteiger partial charge in [-0.05, 0) is 29.4 Å². The van der Waals surface area contributed by atoms with Gasteiger partial charge in [0.1, 0.15) is 5.75 Å². The summed E-state index contributed by atoms with van der Waals surface area (Å²) in [5.41, 5.74) is 0.0291. The zero-order valence-electron chi connectivity index (χ0n) is 16.9. The van der Waals surface area contributed by atoms with Gasteiger partial charge in [-0.2, -0.15) is 0 Å². The summed E-state index contributed by atoms with van der Waals surface area (Å²) in [6.45, 7) is 13.2. The van der Waals surface area contributed by atoms with Crippen LogP contribution in [0.4, 0.5) is 0 Å². The van der Waals surface area contributed by atoms with E-state index in [1.54, 1.807) is 0 Å². The fourth-order valence-electron chi connectivity index (χ4n) is 2.88. The number of phenols is 1. The Morgan fingerprint density at radius 1 is 1.04 bits per heavy atom. The number of aromatic hydroxyl groups is 1. The van der Waals surface area contributed by atoms with Gasteiger partial charge < -0.3 is 10.2 Å². The van der Waals surface area contributed by atoms with E-state index in [4.69, 9.17) is 0 Å². The van der Waals surface area contributed by atoms with E-state index < -0.39 is 31.9 Å². The predicted molar refractivity (Wildman–Crippen MR) is 104 cm³/mol. The SMILES string of the molecule is CCCC[C@H](C(=O)O)S(=O)(=O)c1cc(C(C)(C)C)c(O)c(C(C)(C)C)c1. The topological polar surface area (TPSA) is 91.7 Å². The molecule has 6 heteroatoms. The Balaban J connectivity index is 3.73. The van der Waals surface area contributed by atoms with Gasteiger partial charge in [-0.15, -0.1) is 0 Å². The molecule has 1 aromatic carbocycles. The Kier molecular flexibility index (Phi) is 6.56. The van der Waals surface area contributed by atoms with Crippen LogP contribution in [0.25, 0.3) is 0 Å². The number of hydrogen-bond acceptors (Lipinski definition) is 4. The Bertz CT molecular complexity index is 729. The number of unbranched alkanes of at least 4 members (excludes halogenated alkanes) is 1. The molecule has 0 aliphatic carbocycles. The van der Waals surface area contributed by atoms with Crippen LogP contribution in [0, 0.1) is 0 Å². The highest BCUT2D eigenvalue weighted by Gasteiger charge is 2.36. The monoisotopic (exact) mass is 384 g/mol. The van der Waals surface area contributed by atoms with Crippen LogP contribution in [0.15, 0.2) is 17.0 Å². The lowest BCUT2D eigenvalue weighted by Gasteiger charge is -2.28. The zero-order chi connectivity index (χ0) is 20.5. The second-order valence-electron chi connectivity index (χ2n) is 8.88. The summed E-state index contributed by atoms with van der Waals surface area (Å²) < 4.78 is 26.2. The first-order chi connectivity index (χ1) is 11.6. The van der Waals surface area contributed by atoms with Crippen LogP contribution in [-0.2, 0) is 25.5 Å². The molecule has 1 atom stereocenters. The van der Waals surface area contributed by atoms with Crippen LogP contribution < -0.4 is 0 Å². The highest BCUT2D eigenvalue weighted by Crippen LogP contribution is 2.41. The maximum absolute atomic E-state index is 13.1. The van der Waals surface area contributed by atoms with Gasteiger partial charge in [0.15, 0.2) is 15.1 Å². The Morgan fingerprint density at radius 2 is 1.46 bits per heavy atom. The van der Waals surface area contributed by atoms with E-state index in [1.807, 2.05) is 48.5 Å². The highest BCUT2D eigenvalue weighted by atomic mass is 32.2. The first-order valence-electron chi connectivity index (χ1n) is 8.98. The van der Waals surface area contributed by atoms with Crippen LogP contribution in [0.2, 0.25) is 0 Å². The summed E-state index contributed by atoms with van der Waals surface area (Å²) >= 11 is 0. The van der Waals surface area contributed by atoms with Crippen LogP contribution >= 0.6 is 0 Å². The van der Waals surface area contributed by atoms with E-state index >= 15 is 0 Å². The van der Waals surface area contributed by atoms with Gasteiger partial charge in [0.25, 0.3) is 0 Å². The summed E-state index contributed by atoms with van der Waals surface area (Å²) in [7, 11) is -4.07. The summed E-state index contributed by atoms with van der Waals surface area (Å²) in [5.74, 6) is -1.26. The number of carboxylic acid groups (broad SMARTS) is 1. The minimum Gasteiger partial charge on any atom is -0.507 e. The van der Waals surface area contributed by atoms with Gasteiger partial charge in [0, 0.05) is 11.1 Å². The summed E-state index contributed by atoms with van der Waals surface area (Å²) in [6.07, 6.45) is 1.31. The molecule has 0 aliphatic heterocycles. The number of hydrogen-bond donors (Lipinski definition) is 2. The van der Waals surface area contributed by atoms with Crippen LogP contribution in [0.1, 0.15) is 78.9 Å².